The van der Waals surface area contributed by atoms with Gasteiger partial charge in [-0.3, -0.25) is 9.79 Å². The van der Waals surface area contributed by atoms with Crippen molar-refractivity contribution in [3.63, 3.8) is 0 Å². The molecule has 1 N–H and O–H groups in total. The highest BCUT2D eigenvalue weighted by Crippen LogP contribution is 2.36. The fourth-order valence-corrected chi connectivity index (χ4v) is 3.08. The molecule has 0 saturated heterocycles. The van der Waals surface area contributed by atoms with Gasteiger partial charge in [-0.1, -0.05) is 18.2 Å². The van der Waals surface area contributed by atoms with Gasteiger partial charge in [-0.15, -0.1) is 0 Å². The molecule has 1 aliphatic rings. The van der Waals surface area contributed by atoms with Crippen LogP contribution in [0.4, 0.5) is 24.5 Å². The van der Waals surface area contributed by atoms with E-state index >= 15 is 0 Å². The molecule has 29 heavy (non-hydrogen) atoms. The Morgan fingerprint density at radius 2 is 1.83 bits per heavy atom. The molecule has 4 rings (SSSR count). The van der Waals surface area contributed by atoms with E-state index in [1.54, 1.807) is 25.3 Å². The standard InChI is InChI=1S/C21H15F3N4O/c1-12-25-8-7-16(26-12)13-3-2-4-14(9-13)18-11-20(29)28-19-10-15(21(22,23)24)5-6-17(19)27-18/h2-10H,11H2,1H3,(H,28,29). The summed E-state index contributed by atoms with van der Waals surface area (Å²) < 4.78 is 38.9. The zero-order valence-electron chi connectivity index (χ0n) is 15.3. The quantitative estimate of drug-likeness (QED) is 0.668. The van der Waals surface area contributed by atoms with Gasteiger partial charge in [0.1, 0.15) is 5.82 Å². The molecule has 0 atom stereocenters. The van der Waals surface area contributed by atoms with Crippen LogP contribution in [-0.2, 0) is 11.0 Å². The maximum absolute atomic E-state index is 13.0. The summed E-state index contributed by atoms with van der Waals surface area (Å²) in [6.45, 7) is 1.79. The Morgan fingerprint density at radius 3 is 2.59 bits per heavy atom. The number of rotatable bonds is 2. The molecule has 0 spiro atoms. The molecular formula is C21H15F3N4O. The maximum atomic E-state index is 13.0. The lowest BCUT2D eigenvalue weighted by atomic mass is 10.0. The van der Waals surface area contributed by atoms with Crippen LogP contribution in [0.1, 0.15) is 23.4 Å². The van der Waals surface area contributed by atoms with Gasteiger partial charge < -0.3 is 5.32 Å². The highest BCUT2D eigenvalue weighted by molar-refractivity contribution is 6.17. The Bertz CT molecular complexity index is 1140. The maximum Gasteiger partial charge on any atom is 0.416 e. The van der Waals surface area contributed by atoms with E-state index in [0.29, 0.717) is 17.1 Å². The number of nitrogens with zero attached hydrogens (tertiary/aromatic N) is 3. The summed E-state index contributed by atoms with van der Waals surface area (Å²) in [5.41, 5.74) is 2.21. The van der Waals surface area contributed by atoms with Crippen LogP contribution in [0.25, 0.3) is 11.3 Å². The second-order valence-electron chi connectivity index (χ2n) is 6.58. The number of halogens is 3. The van der Waals surface area contributed by atoms with Crippen LogP contribution in [0.2, 0.25) is 0 Å². The van der Waals surface area contributed by atoms with Crippen molar-refractivity contribution in [2.75, 3.05) is 5.32 Å². The number of fused-ring (bicyclic) bond motifs is 1. The van der Waals surface area contributed by atoms with Crippen molar-refractivity contribution in [3.8, 4) is 11.3 Å². The van der Waals surface area contributed by atoms with E-state index < -0.39 is 17.6 Å². The molecular weight excluding hydrogens is 381 g/mol. The van der Waals surface area contributed by atoms with Crippen molar-refractivity contribution in [1.29, 1.82) is 0 Å². The normalized spacial score (nSPS) is 13.9. The molecule has 0 radical (unpaired) electrons. The van der Waals surface area contributed by atoms with Gasteiger partial charge in [-0.2, -0.15) is 13.2 Å². The second-order valence-corrected chi connectivity index (χ2v) is 6.58. The number of alkyl halides is 3. The minimum atomic E-state index is -4.50. The predicted octanol–water partition coefficient (Wildman–Crippen LogP) is 4.93. The molecule has 1 amide bonds. The number of benzene rings is 2. The van der Waals surface area contributed by atoms with Crippen LogP contribution in [-0.4, -0.2) is 21.6 Å². The first kappa shape index (κ1) is 18.8. The molecule has 0 bridgehead atoms. The first-order chi connectivity index (χ1) is 13.8. The van der Waals surface area contributed by atoms with Gasteiger partial charge in [0, 0.05) is 11.8 Å². The van der Waals surface area contributed by atoms with E-state index in [4.69, 9.17) is 0 Å². The van der Waals surface area contributed by atoms with Gasteiger partial charge in [-0.25, -0.2) is 9.97 Å². The molecule has 2 heterocycles. The minimum absolute atomic E-state index is 0.0439. The lowest BCUT2D eigenvalue weighted by Crippen LogP contribution is -2.15. The molecule has 0 fully saturated rings. The summed E-state index contributed by atoms with van der Waals surface area (Å²) in [7, 11) is 0. The fraction of sp³-hybridized carbons (Fsp3) is 0.143. The molecule has 8 heteroatoms. The van der Waals surface area contributed by atoms with Crippen LogP contribution in [0.15, 0.2) is 59.7 Å². The number of carbonyl (C=O) groups excluding carboxylic acids is 1. The number of hydrogen-bond acceptors (Lipinski definition) is 4. The molecule has 2 aromatic carbocycles. The fourth-order valence-electron chi connectivity index (χ4n) is 3.08. The molecule has 0 aliphatic carbocycles. The molecule has 3 aromatic rings. The third-order valence-corrected chi connectivity index (χ3v) is 4.45. The van der Waals surface area contributed by atoms with Crippen LogP contribution >= 0.6 is 0 Å². The summed E-state index contributed by atoms with van der Waals surface area (Å²) in [6.07, 6.45) is -2.89. The van der Waals surface area contributed by atoms with Crippen molar-refractivity contribution >= 4 is 23.0 Å². The molecule has 1 aliphatic heterocycles. The molecule has 146 valence electrons. The Morgan fingerprint density at radius 1 is 1.03 bits per heavy atom. The van der Waals surface area contributed by atoms with Crippen LogP contribution in [0, 0.1) is 6.92 Å². The Labute approximate surface area is 164 Å². The molecule has 0 saturated carbocycles. The number of nitrogens with one attached hydrogen (secondary N) is 1. The van der Waals surface area contributed by atoms with Crippen molar-refractivity contribution in [3.05, 3.63) is 71.7 Å². The highest BCUT2D eigenvalue weighted by atomic mass is 19.4. The number of aryl methyl sites for hydroxylation is 1. The van der Waals surface area contributed by atoms with E-state index in [0.717, 1.165) is 23.4 Å². The van der Waals surface area contributed by atoms with Gasteiger partial charge in [-0.05, 0) is 42.8 Å². The second kappa shape index (κ2) is 7.12. The molecule has 5 nitrogen and oxygen atoms in total. The van der Waals surface area contributed by atoms with Gasteiger partial charge in [0.15, 0.2) is 0 Å². The summed E-state index contributed by atoms with van der Waals surface area (Å²) in [4.78, 5) is 25.2. The van der Waals surface area contributed by atoms with Crippen LogP contribution < -0.4 is 5.32 Å². The number of aliphatic imine (C=N–C) groups is 1. The molecule has 0 unspecified atom stereocenters. The Balaban J connectivity index is 1.76. The summed E-state index contributed by atoms with van der Waals surface area (Å²) in [5.74, 6) is 0.207. The van der Waals surface area contributed by atoms with Crippen molar-refractivity contribution < 1.29 is 18.0 Å². The number of amides is 1. The number of carbonyl (C=O) groups is 1. The average Bonchev–Trinajstić information content (AvgIpc) is 2.84. The van der Waals surface area contributed by atoms with E-state index in [2.05, 4.69) is 20.3 Å². The lowest BCUT2D eigenvalue weighted by molar-refractivity contribution is -0.137. The minimum Gasteiger partial charge on any atom is -0.324 e. The summed E-state index contributed by atoms with van der Waals surface area (Å²) in [5, 5.41) is 2.51. The van der Waals surface area contributed by atoms with Gasteiger partial charge >= 0.3 is 6.18 Å². The number of aromatic nitrogens is 2. The van der Waals surface area contributed by atoms with Gasteiger partial charge in [0.05, 0.1) is 34.8 Å². The SMILES string of the molecule is Cc1nccc(-c2cccc(C3=Nc4ccc(C(F)(F)F)cc4NC(=O)C3)c2)n1. The van der Waals surface area contributed by atoms with Crippen LogP contribution in [0.3, 0.4) is 0 Å². The zero-order valence-corrected chi connectivity index (χ0v) is 15.3. The van der Waals surface area contributed by atoms with Crippen molar-refractivity contribution in [2.24, 2.45) is 4.99 Å². The smallest absolute Gasteiger partial charge is 0.324 e. The van der Waals surface area contributed by atoms with Gasteiger partial charge in [0.2, 0.25) is 5.91 Å². The average molecular weight is 396 g/mol. The Kier molecular flexibility index (Phi) is 4.62. The third-order valence-electron chi connectivity index (χ3n) is 4.45. The van der Waals surface area contributed by atoms with E-state index in [1.165, 1.54) is 6.07 Å². The van der Waals surface area contributed by atoms with E-state index in [1.807, 2.05) is 18.2 Å². The van der Waals surface area contributed by atoms with Crippen molar-refractivity contribution in [2.45, 2.75) is 19.5 Å². The number of hydrogen-bond donors (Lipinski definition) is 1. The van der Waals surface area contributed by atoms with Crippen molar-refractivity contribution in [1.82, 2.24) is 9.97 Å². The molecule has 1 aromatic heterocycles. The largest absolute Gasteiger partial charge is 0.416 e. The Hall–Kier alpha value is -3.55. The predicted molar refractivity (Wildman–Crippen MR) is 103 cm³/mol. The number of anilines is 1. The topological polar surface area (TPSA) is 67.2 Å². The zero-order chi connectivity index (χ0) is 20.6. The summed E-state index contributed by atoms with van der Waals surface area (Å²) >= 11 is 0. The van der Waals surface area contributed by atoms with E-state index in [-0.39, 0.29) is 17.8 Å². The monoisotopic (exact) mass is 396 g/mol. The lowest BCUT2D eigenvalue weighted by Gasteiger charge is -2.10. The van der Waals surface area contributed by atoms with Crippen LogP contribution in [0.5, 0.6) is 0 Å². The first-order valence-electron chi connectivity index (χ1n) is 8.79. The third kappa shape index (κ3) is 4.01. The van der Waals surface area contributed by atoms with Gasteiger partial charge in [0.25, 0.3) is 0 Å². The van der Waals surface area contributed by atoms with E-state index in [9.17, 15) is 18.0 Å². The highest BCUT2D eigenvalue weighted by Gasteiger charge is 2.31. The summed E-state index contributed by atoms with van der Waals surface area (Å²) in [6, 6.07) is 12.3. The first-order valence-corrected chi connectivity index (χ1v) is 8.79.